The summed E-state index contributed by atoms with van der Waals surface area (Å²) in [4.78, 5) is 6.66. The molecule has 1 aliphatic rings. The van der Waals surface area contributed by atoms with Crippen LogP contribution in [0.25, 0.3) is 10.8 Å². The second-order valence-electron chi connectivity index (χ2n) is 5.57. The molecular formula is C19H20N2O2. The highest BCUT2D eigenvalue weighted by Crippen LogP contribution is 2.35. The maximum atomic E-state index is 10.2. The molecule has 0 radical (unpaired) electrons. The molecule has 0 bridgehead atoms. The number of aromatic hydroxyl groups is 1. The lowest BCUT2D eigenvalue weighted by atomic mass is 10.1. The van der Waals surface area contributed by atoms with Crippen LogP contribution in [0.3, 0.4) is 0 Å². The van der Waals surface area contributed by atoms with Crippen molar-refractivity contribution in [3.8, 4) is 5.75 Å². The highest BCUT2D eigenvalue weighted by Gasteiger charge is 2.10. The van der Waals surface area contributed by atoms with E-state index in [1.807, 2.05) is 54.4 Å². The summed E-state index contributed by atoms with van der Waals surface area (Å²) < 4.78 is 0. The number of aliphatic hydroxyl groups is 1. The molecule has 0 amide bonds. The summed E-state index contributed by atoms with van der Waals surface area (Å²) in [7, 11) is 1.95. The van der Waals surface area contributed by atoms with Crippen molar-refractivity contribution in [2.45, 2.75) is 6.42 Å². The van der Waals surface area contributed by atoms with Crippen molar-refractivity contribution in [1.29, 1.82) is 0 Å². The van der Waals surface area contributed by atoms with E-state index in [1.54, 1.807) is 6.07 Å². The molecule has 118 valence electrons. The second kappa shape index (κ2) is 6.67. The fraction of sp³-hybridized carbons (Fsp3) is 0.211. The van der Waals surface area contributed by atoms with Gasteiger partial charge in [0.1, 0.15) is 11.4 Å². The smallest absolute Gasteiger partial charge is 0.141 e. The lowest BCUT2D eigenvalue weighted by Crippen LogP contribution is -2.21. The number of fused-ring (bicyclic) bond motifs is 1. The quantitative estimate of drug-likeness (QED) is 0.910. The van der Waals surface area contributed by atoms with Gasteiger partial charge in [-0.1, -0.05) is 36.4 Å². The van der Waals surface area contributed by atoms with E-state index in [1.165, 1.54) is 0 Å². The SMILES string of the molecule is CN(CCO)C1=CCC(=Nc2c(O)ccc3ccccc23)C=C1. The summed E-state index contributed by atoms with van der Waals surface area (Å²) in [6.07, 6.45) is 6.73. The van der Waals surface area contributed by atoms with E-state index in [2.05, 4.69) is 11.1 Å². The average Bonchev–Trinajstić information content (AvgIpc) is 2.58. The van der Waals surface area contributed by atoms with Crippen molar-refractivity contribution in [3.63, 3.8) is 0 Å². The van der Waals surface area contributed by atoms with Gasteiger partial charge in [-0.2, -0.15) is 0 Å². The van der Waals surface area contributed by atoms with Gasteiger partial charge in [0.25, 0.3) is 0 Å². The Bertz CT molecular complexity index is 806. The fourth-order valence-electron chi connectivity index (χ4n) is 2.68. The molecular weight excluding hydrogens is 288 g/mol. The largest absolute Gasteiger partial charge is 0.506 e. The Morgan fingerprint density at radius 3 is 2.70 bits per heavy atom. The first kappa shape index (κ1) is 15.3. The van der Waals surface area contributed by atoms with Gasteiger partial charge in [-0.25, -0.2) is 4.99 Å². The molecule has 3 rings (SSSR count). The van der Waals surface area contributed by atoms with Gasteiger partial charge in [0, 0.05) is 36.8 Å². The molecule has 0 heterocycles. The molecule has 0 spiro atoms. The predicted octanol–water partition coefficient (Wildman–Crippen LogP) is 3.39. The molecule has 0 aromatic heterocycles. The molecule has 0 aliphatic heterocycles. The number of rotatable bonds is 4. The molecule has 0 fully saturated rings. The van der Waals surface area contributed by atoms with Crippen LogP contribution in [-0.2, 0) is 0 Å². The summed E-state index contributed by atoms with van der Waals surface area (Å²) in [5, 5.41) is 21.2. The van der Waals surface area contributed by atoms with Gasteiger partial charge in [0.2, 0.25) is 0 Å². The fourth-order valence-corrected chi connectivity index (χ4v) is 2.68. The van der Waals surface area contributed by atoms with Gasteiger partial charge in [0.05, 0.1) is 6.61 Å². The minimum atomic E-state index is 0.131. The van der Waals surface area contributed by atoms with Crippen LogP contribution in [0.4, 0.5) is 5.69 Å². The highest BCUT2D eigenvalue weighted by atomic mass is 16.3. The zero-order valence-corrected chi connectivity index (χ0v) is 13.1. The maximum Gasteiger partial charge on any atom is 0.141 e. The Kier molecular flexibility index (Phi) is 4.44. The van der Waals surface area contributed by atoms with Gasteiger partial charge >= 0.3 is 0 Å². The van der Waals surface area contributed by atoms with E-state index >= 15 is 0 Å². The summed E-state index contributed by atoms with van der Waals surface area (Å²) in [6.45, 7) is 0.735. The molecule has 0 saturated heterocycles. The normalized spacial score (nSPS) is 15.9. The van der Waals surface area contributed by atoms with Gasteiger partial charge in [0.15, 0.2) is 0 Å². The van der Waals surface area contributed by atoms with Crippen LogP contribution in [0.1, 0.15) is 6.42 Å². The van der Waals surface area contributed by atoms with Crippen LogP contribution >= 0.6 is 0 Å². The molecule has 1 aliphatic carbocycles. The number of phenolic OH excluding ortho intramolecular Hbond substituents is 1. The summed E-state index contributed by atoms with van der Waals surface area (Å²) in [6, 6.07) is 11.5. The van der Waals surface area contributed by atoms with Crippen molar-refractivity contribution in [2.75, 3.05) is 20.2 Å². The van der Waals surface area contributed by atoms with Gasteiger partial charge < -0.3 is 15.1 Å². The molecule has 4 nitrogen and oxygen atoms in total. The summed E-state index contributed by atoms with van der Waals surface area (Å²) in [5.74, 6) is 0.191. The monoisotopic (exact) mass is 308 g/mol. The zero-order chi connectivity index (χ0) is 16.2. The number of aliphatic hydroxyl groups excluding tert-OH is 1. The third-order valence-electron chi connectivity index (χ3n) is 3.98. The van der Waals surface area contributed by atoms with Crippen LogP contribution in [0.15, 0.2) is 65.3 Å². The molecule has 0 atom stereocenters. The predicted molar refractivity (Wildman–Crippen MR) is 94.3 cm³/mol. The van der Waals surface area contributed by atoms with E-state index in [9.17, 15) is 5.11 Å². The number of hydrogen-bond donors (Lipinski definition) is 2. The van der Waals surface area contributed by atoms with Crippen LogP contribution in [0.5, 0.6) is 5.75 Å². The number of likely N-dealkylation sites (N-methyl/N-ethyl adjacent to an activating group) is 1. The molecule has 23 heavy (non-hydrogen) atoms. The summed E-state index contributed by atoms with van der Waals surface area (Å²) in [5.41, 5.74) is 2.58. The minimum absolute atomic E-state index is 0.131. The Labute approximate surface area is 135 Å². The number of hydrogen-bond acceptors (Lipinski definition) is 4. The van der Waals surface area contributed by atoms with E-state index in [0.29, 0.717) is 18.7 Å². The van der Waals surface area contributed by atoms with Crippen LogP contribution < -0.4 is 0 Å². The van der Waals surface area contributed by atoms with Gasteiger partial charge in [-0.15, -0.1) is 0 Å². The topological polar surface area (TPSA) is 56.1 Å². The number of aliphatic imine (C=N–C) groups is 1. The molecule has 0 saturated carbocycles. The maximum absolute atomic E-state index is 10.2. The Morgan fingerprint density at radius 1 is 1.13 bits per heavy atom. The van der Waals surface area contributed by atoms with Crippen LogP contribution in [0, 0.1) is 0 Å². The lowest BCUT2D eigenvalue weighted by molar-refractivity contribution is 0.248. The van der Waals surface area contributed by atoms with Crippen LogP contribution in [-0.4, -0.2) is 41.0 Å². The first-order chi connectivity index (χ1) is 11.2. The number of phenols is 1. The van der Waals surface area contributed by atoms with Crippen molar-refractivity contribution in [1.82, 2.24) is 4.90 Å². The van der Waals surface area contributed by atoms with Crippen LogP contribution in [0.2, 0.25) is 0 Å². The van der Waals surface area contributed by atoms with Crippen molar-refractivity contribution in [2.24, 2.45) is 4.99 Å². The Hall–Kier alpha value is -2.59. The van der Waals surface area contributed by atoms with Crippen molar-refractivity contribution >= 4 is 22.2 Å². The molecule has 0 unspecified atom stereocenters. The molecule has 4 heteroatoms. The first-order valence-corrected chi connectivity index (χ1v) is 7.67. The van der Waals surface area contributed by atoms with Gasteiger partial charge in [-0.05, 0) is 23.6 Å². The highest BCUT2D eigenvalue weighted by molar-refractivity contribution is 6.03. The third-order valence-corrected chi connectivity index (χ3v) is 3.98. The third kappa shape index (κ3) is 3.27. The second-order valence-corrected chi connectivity index (χ2v) is 5.57. The molecule has 2 aromatic carbocycles. The van der Waals surface area contributed by atoms with Gasteiger partial charge in [-0.3, -0.25) is 0 Å². The minimum Gasteiger partial charge on any atom is -0.506 e. The van der Waals surface area contributed by atoms with Crippen molar-refractivity contribution < 1.29 is 10.2 Å². The Balaban J connectivity index is 1.90. The average molecular weight is 308 g/mol. The zero-order valence-electron chi connectivity index (χ0n) is 13.1. The number of nitrogens with zero attached hydrogens (tertiary/aromatic N) is 2. The van der Waals surface area contributed by atoms with E-state index in [0.717, 1.165) is 22.2 Å². The standard InChI is InChI=1S/C19H20N2O2/c1-21(12-13-22)16-9-7-15(8-10-16)20-19-17-5-3-2-4-14(17)6-11-18(19)23/h2-7,9-11,22-23H,8,12-13H2,1H3. The summed E-state index contributed by atoms with van der Waals surface area (Å²) >= 11 is 0. The Morgan fingerprint density at radius 2 is 1.96 bits per heavy atom. The van der Waals surface area contributed by atoms with E-state index in [4.69, 9.17) is 5.11 Å². The van der Waals surface area contributed by atoms with E-state index in [-0.39, 0.29) is 12.4 Å². The van der Waals surface area contributed by atoms with E-state index < -0.39 is 0 Å². The van der Waals surface area contributed by atoms with Crippen molar-refractivity contribution in [3.05, 3.63) is 60.3 Å². The molecule has 2 aromatic rings. The molecule has 2 N–H and O–H groups in total. The number of allylic oxidation sites excluding steroid dienone is 3. The first-order valence-electron chi connectivity index (χ1n) is 7.67. The lowest BCUT2D eigenvalue weighted by Gasteiger charge is -2.21. The number of benzene rings is 2.